The van der Waals surface area contributed by atoms with Crippen LogP contribution >= 0.6 is 11.8 Å². The first-order valence-electron chi connectivity index (χ1n) is 5.20. The Kier molecular flexibility index (Phi) is 3.99. The molecule has 0 radical (unpaired) electrons. The van der Waals surface area contributed by atoms with Gasteiger partial charge in [-0.3, -0.25) is 4.99 Å². The molecule has 0 aliphatic carbocycles. The van der Waals surface area contributed by atoms with Gasteiger partial charge in [0.1, 0.15) is 0 Å². The normalized spacial score (nSPS) is 18.6. The minimum absolute atomic E-state index is 0.211. The molecule has 0 bridgehead atoms. The lowest BCUT2D eigenvalue weighted by Gasteiger charge is -2.07. The third kappa shape index (κ3) is 3.10. The molecule has 1 unspecified atom stereocenters. The van der Waals surface area contributed by atoms with Crippen LogP contribution in [-0.2, 0) is 16.0 Å². The van der Waals surface area contributed by atoms with Gasteiger partial charge >= 0.3 is 5.97 Å². The van der Waals surface area contributed by atoms with Crippen LogP contribution in [0.25, 0.3) is 0 Å². The number of rotatable bonds is 4. The van der Waals surface area contributed by atoms with Crippen molar-refractivity contribution in [2.24, 2.45) is 4.99 Å². The van der Waals surface area contributed by atoms with Gasteiger partial charge < -0.3 is 4.74 Å². The predicted octanol–water partition coefficient (Wildman–Crippen LogP) is 1.92. The molecule has 0 aromatic heterocycles. The van der Waals surface area contributed by atoms with Gasteiger partial charge in [-0.05, 0) is 5.56 Å². The first kappa shape index (κ1) is 11.2. The van der Waals surface area contributed by atoms with Crippen LogP contribution in [0.15, 0.2) is 35.3 Å². The Labute approximate surface area is 98.9 Å². The smallest absolute Gasteiger partial charge is 0.331 e. The highest BCUT2D eigenvalue weighted by molar-refractivity contribution is 8.12. The van der Waals surface area contributed by atoms with Crippen LogP contribution in [0.3, 0.4) is 0 Å². The van der Waals surface area contributed by atoms with Gasteiger partial charge in [0.05, 0.1) is 12.2 Å². The van der Waals surface area contributed by atoms with Crippen LogP contribution in [0.5, 0.6) is 0 Å². The van der Waals surface area contributed by atoms with Crippen molar-refractivity contribution in [3.05, 3.63) is 35.9 Å². The lowest BCUT2D eigenvalue weighted by atomic mass is 10.2. The Morgan fingerprint density at radius 1 is 1.44 bits per heavy atom. The van der Waals surface area contributed by atoms with Gasteiger partial charge in [0, 0.05) is 12.2 Å². The molecule has 84 valence electrons. The molecule has 1 heterocycles. The molecule has 1 aliphatic heterocycles. The number of esters is 1. The van der Waals surface area contributed by atoms with Crippen LogP contribution in [0.1, 0.15) is 5.56 Å². The van der Waals surface area contributed by atoms with Crippen LogP contribution in [0.2, 0.25) is 0 Å². The average Bonchev–Trinajstić information content (AvgIpc) is 2.84. The van der Waals surface area contributed by atoms with Crippen molar-refractivity contribution in [2.45, 2.75) is 12.5 Å². The number of ether oxygens (including phenoxy) is 1. The summed E-state index contributed by atoms with van der Waals surface area (Å²) in [6.45, 7) is 0.430. The molecule has 16 heavy (non-hydrogen) atoms. The fourth-order valence-corrected chi connectivity index (χ4v) is 2.16. The van der Waals surface area contributed by atoms with Crippen molar-refractivity contribution in [2.75, 3.05) is 12.4 Å². The summed E-state index contributed by atoms with van der Waals surface area (Å²) in [7, 11) is 0. The van der Waals surface area contributed by atoms with Gasteiger partial charge in [-0.25, -0.2) is 4.79 Å². The Balaban J connectivity index is 1.72. The molecular formula is C12H13NO2S. The van der Waals surface area contributed by atoms with Crippen molar-refractivity contribution >= 4 is 23.3 Å². The highest BCUT2D eigenvalue weighted by Gasteiger charge is 2.21. The van der Waals surface area contributed by atoms with E-state index in [0.717, 1.165) is 6.42 Å². The summed E-state index contributed by atoms with van der Waals surface area (Å²) in [4.78, 5) is 15.5. The molecule has 1 aromatic rings. The zero-order valence-electron chi connectivity index (χ0n) is 8.83. The third-order valence-electron chi connectivity index (χ3n) is 2.32. The maximum atomic E-state index is 11.5. The summed E-state index contributed by atoms with van der Waals surface area (Å²) >= 11 is 1.55. The summed E-state index contributed by atoms with van der Waals surface area (Å²) in [5.41, 5.74) is 2.89. The highest BCUT2D eigenvalue weighted by atomic mass is 32.2. The number of nitrogens with zero attached hydrogens (tertiary/aromatic N) is 1. The minimum atomic E-state index is -0.291. The minimum Gasteiger partial charge on any atom is -0.464 e. The maximum absolute atomic E-state index is 11.5. The van der Waals surface area contributed by atoms with Gasteiger partial charge in [-0.15, -0.1) is 11.8 Å². The van der Waals surface area contributed by atoms with E-state index in [1.165, 1.54) is 5.56 Å². The number of aliphatic imine (C=N–C) groups is 1. The van der Waals surface area contributed by atoms with E-state index in [4.69, 9.17) is 4.74 Å². The molecule has 0 N–H and O–H groups in total. The first-order valence-corrected chi connectivity index (χ1v) is 6.25. The average molecular weight is 235 g/mol. The fraction of sp³-hybridized carbons (Fsp3) is 0.333. The zero-order chi connectivity index (χ0) is 11.2. The third-order valence-corrected chi connectivity index (χ3v) is 3.10. The molecular weight excluding hydrogens is 222 g/mol. The second-order valence-corrected chi connectivity index (χ2v) is 4.38. The molecule has 0 saturated carbocycles. The van der Waals surface area contributed by atoms with E-state index in [1.54, 1.807) is 17.3 Å². The fourth-order valence-electron chi connectivity index (χ4n) is 1.43. The molecule has 1 atom stereocenters. The quantitative estimate of drug-likeness (QED) is 0.748. The summed E-state index contributed by atoms with van der Waals surface area (Å²) in [6, 6.07) is 9.69. The molecule has 0 spiro atoms. The van der Waals surface area contributed by atoms with Crippen LogP contribution < -0.4 is 0 Å². The first-order chi connectivity index (χ1) is 7.86. The van der Waals surface area contributed by atoms with E-state index < -0.39 is 0 Å². The molecule has 1 aliphatic rings. The maximum Gasteiger partial charge on any atom is 0.331 e. The number of benzene rings is 1. The lowest BCUT2D eigenvalue weighted by Crippen LogP contribution is -2.22. The molecule has 0 saturated heterocycles. The van der Waals surface area contributed by atoms with Crippen molar-refractivity contribution < 1.29 is 9.53 Å². The van der Waals surface area contributed by atoms with E-state index in [0.29, 0.717) is 12.4 Å². The summed E-state index contributed by atoms with van der Waals surface area (Å²) in [6.07, 6.45) is 0.760. The molecule has 4 heteroatoms. The summed E-state index contributed by atoms with van der Waals surface area (Å²) in [5.74, 6) is 0.502. The van der Waals surface area contributed by atoms with E-state index in [9.17, 15) is 4.79 Å². The van der Waals surface area contributed by atoms with E-state index in [1.807, 2.05) is 30.3 Å². The SMILES string of the molecule is O=C(OCCc1ccccc1)C1CSC=N1. The van der Waals surface area contributed by atoms with E-state index >= 15 is 0 Å². The van der Waals surface area contributed by atoms with Crippen molar-refractivity contribution in [1.82, 2.24) is 0 Å². The number of hydrogen-bond donors (Lipinski definition) is 0. The van der Waals surface area contributed by atoms with E-state index in [2.05, 4.69) is 4.99 Å². The highest BCUT2D eigenvalue weighted by Crippen LogP contribution is 2.12. The van der Waals surface area contributed by atoms with E-state index in [-0.39, 0.29) is 12.0 Å². The zero-order valence-corrected chi connectivity index (χ0v) is 9.65. The number of carbonyl (C=O) groups excluding carboxylic acids is 1. The largest absolute Gasteiger partial charge is 0.464 e. The van der Waals surface area contributed by atoms with Crippen LogP contribution in [-0.4, -0.2) is 29.9 Å². The molecule has 0 fully saturated rings. The molecule has 2 rings (SSSR count). The van der Waals surface area contributed by atoms with Crippen molar-refractivity contribution in [3.8, 4) is 0 Å². The number of hydrogen-bond acceptors (Lipinski definition) is 4. The Bertz CT molecular complexity index is 378. The summed E-state index contributed by atoms with van der Waals surface area (Å²) in [5, 5.41) is 0. The van der Waals surface area contributed by atoms with Gasteiger partial charge in [-0.2, -0.15) is 0 Å². The van der Waals surface area contributed by atoms with Gasteiger partial charge in [0.15, 0.2) is 6.04 Å². The lowest BCUT2D eigenvalue weighted by molar-refractivity contribution is -0.144. The van der Waals surface area contributed by atoms with Crippen LogP contribution in [0.4, 0.5) is 0 Å². The Morgan fingerprint density at radius 2 is 2.25 bits per heavy atom. The van der Waals surface area contributed by atoms with Gasteiger partial charge in [0.25, 0.3) is 0 Å². The van der Waals surface area contributed by atoms with Crippen molar-refractivity contribution in [3.63, 3.8) is 0 Å². The standard InChI is InChI=1S/C12H13NO2S/c14-12(11-8-16-9-13-11)15-7-6-10-4-2-1-3-5-10/h1-5,9,11H,6-8H2. The predicted molar refractivity (Wildman–Crippen MR) is 65.8 cm³/mol. The van der Waals surface area contributed by atoms with Crippen LogP contribution in [0, 0.1) is 0 Å². The second kappa shape index (κ2) is 5.70. The second-order valence-electron chi connectivity index (χ2n) is 3.51. The molecule has 1 aromatic carbocycles. The monoisotopic (exact) mass is 235 g/mol. The van der Waals surface area contributed by atoms with Crippen molar-refractivity contribution in [1.29, 1.82) is 0 Å². The Hall–Kier alpha value is -1.29. The number of carbonyl (C=O) groups is 1. The summed E-state index contributed by atoms with van der Waals surface area (Å²) < 4.78 is 5.16. The van der Waals surface area contributed by atoms with Gasteiger partial charge in [0.2, 0.25) is 0 Å². The Morgan fingerprint density at radius 3 is 2.94 bits per heavy atom. The number of thioether (sulfide) groups is 1. The molecule has 0 amide bonds. The topological polar surface area (TPSA) is 38.7 Å². The molecule has 3 nitrogen and oxygen atoms in total. The van der Waals surface area contributed by atoms with Gasteiger partial charge in [-0.1, -0.05) is 30.3 Å².